The minimum Gasteiger partial charge on any atom is -0.356 e. The second-order valence-electron chi connectivity index (χ2n) is 7.31. The lowest BCUT2D eigenvalue weighted by molar-refractivity contribution is 0.359. The van der Waals surface area contributed by atoms with Crippen molar-refractivity contribution in [1.29, 1.82) is 0 Å². The Morgan fingerprint density at radius 3 is 2.54 bits per heavy atom. The van der Waals surface area contributed by atoms with Gasteiger partial charge >= 0.3 is 0 Å². The number of piperidine rings is 1. The molecule has 3 aromatic rings. The van der Waals surface area contributed by atoms with Gasteiger partial charge in [-0.25, -0.2) is 19.3 Å². The van der Waals surface area contributed by atoms with Gasteiger partial charge in [-0.1, -0.05) is 5.21 Å². The smallest absolute Gasteiger partial charge is 0.158 e. The maximum Gasteiger partial charge on any atom is 0.158 e. The molecule has 1 aliphatic carbocycles. The number of aromatic nitrogens is 7. The first-order chi connectivity index (χ1) is 12.8. The van der Waals surface area contributed by atoms with Crippen LogP contribution in [0.1, 0.15) is 48.9 Å². The monoisotopic (exact) mass is 350 g/mol. The molecule has 8 heteroatoms. The van der Waals surface area contributed by atoms with E-state index in [9.17, 15) is 0 Å². The van der Waals surface area contributed by atoms with Crippen molar-refractivity contribution in [3.05, 3.63) is 42.2 Å². The van der Waals surface area contributed by atoms with Crippen molar-refractivity contribution in [3.8, 4) is 5.82 Å². The quantitative estimate of drug-likeness (QED) is 0.718. The molecule has 1 saturated heterocycles. The van der Waals surface area contributed by atoms with E-state index in [-0.39, 0.29) is 0 Å². The molecule has 8 nitrogen and oxygen atoms in total. The minimum atomic E-state index is 0.432. The van der Waals surface area contributed by atoms with Gasteiger partial charge in [0.25, 0.3) is 0 Å². The van der Waals surface area contributed by atoms with E-state index >= 15 is 0 Å². The Labute approximate surface area is 151 Å². The highest BCUT2D eigenvalue weighted by atomic mass is 15.4. The second kappa shape index (κ2) is 6.19. The van der Waals surface area contributed by atoms with Gasteiger partial charge in [0.15, 0.2) is 5.82 Å². The Hall–Kier alpha value is -2.77. The van der Waals surface area contributed by atoms with Crippen molar-refractivity contribution in [2.24, 2.45) is 0 Å². The fourth-order valence-corrected chi connectivity index (χ4v) is 3.57. The van der Waals surface area contributed by atoms with Gasteiger partial charge in [0.2, 0.25) is 0 Å². The van der Waals surface area contributed by atoms with Crippen molar-refractivity contribution in [2.45, 2.75) is 44.6 Å². The molecule has 0 unspecified atom stereocenters. The SMILES string of the molecule is Cc1cnn(-c2cc(N3CCC(n4cc(C5CC5)nn4)CC3)ncn2)c1. The van der Waals surface area contributed by atoms with E-state index < -0.39 is 0 Å². The summed E-state index contributed by atoms with van der Waals surface area (Å²) in [6.45, 7) is 3.94. The summed E-state index contributed by atoms with van der Waals surface area (Å²) in [5, 5.41) is 13.0. The molecule has 0 spiro atoms. The van der Waals surface area contributed by atoms with E-state index in [1.165, 1.54) is 18.5 Å². The van der Waals surface area contributed by atoms with Crippen LogP contribution in [-0.2, 0) is 0 Å². The predicted molar refractivity (Wildman–Crippen MR) is 96.4 cm³/mol. The number of anilines is 1. The molecular weight excluding hydrogens is 328 g/mol. The molecule has 0 atom stereocenters. The van der Waals surface area contributed by atoms with Gasteiger partial charge in [0.05, 0.1) is 17.9 Å². The average molecular weight is 350 g/mol. The lowest BCUT2D eigenvalue weighted by atomic mass is 10.1. The zero-order valence-electron chi connectivity index (χ0n) is 14.9. The summed E-state index contributed by atoms with van der Waals surface area (Å²) in [4.78, 5) is 11.1. The Morgan fingerprint density at radius 2 is 1.81 bits per heavy atom. The fraction of sp³-hybridized carbons (Fsp3) is 0.500. The molecule has 0 amide bonds. The normalized spacial score (nSPS) is 18.4. The van der Waals surface area contributed by atoms with Gasteiger partial charge in [-0.05, 0) is 38.2 Å². The first kappa shape index (κ1) is 15.5. The van der Waals surface area contributed by atoms with Crippen molar-refractivity contribution >= 4 is 5.82 Å². The highest BCUT2D eigenvalue weighted by Crippen LogP contribution is 2.39. The first-order valence-corrected chi connectivity index (χ1v) is 9.26. The maximum atomic E-state index is 4.47. The summed E-state index contributed by atoms with van der Waals surface area (Å²) < 4.78 is 3.87. The van der Waals surface area contributed by atoms with Crippen molar-refractivity contribution in [1.82, 2.24) is 34.7 Å². The molecule has 2 fully saturated rings. The Bertz CT molecular complexity index is 901. The largest absolute Gasteiger partial charge is 0.356 e. The zero-order valence-corrected chi connectivity index (χ0v) is 14.9. The minimum absolute atomic E-state index is 0.432. The van der Waals surface area contributed by atoms with Gasteiger partial charge in [-0.2, -0.15) is 5.10 Å². The molecule has 0 N–H and O–H groups in total. The molecule has 0 bridgehead atoms. The third-order valence-corrected chi connectivity index (χ3v) is 5.27. The number of hydrogen-bond donors (Lipinski definition) is 0. The third kappa shape index (κ3) is 2.95. The number of aryl methyl sites for hydroxylation is 1. The van der Waals surface area contributed by atoms with Crippen LogP contribution in [0.5, 0.6) is 0 Å². The molecule has 0 radical (unpaired) electrons. The standard InChI is InChI=1S/C18H22N8/c1-13-9-21-26(10-13)18-8-17(19-12-20-18)24-6-4-15(5-7-24)25-11-16(22-23-25)14-2-3-14/h8-12,14-15H,2-7H2,1H3. The van der Waals surface area contributed by atoms with Crippen LogP contribution in [0.4, 0.5) is 5.82 Å². The molecule has 0 aromatic carbocycles. The third-order valence-electron chi connectivity index (χ3n) is 5.27. The van der Waals surface area contributed by atoms with Gasteiger partial charge in [0.1, 0.15) is 12.1 Å². The van der Waals surface area contributed by atoms with E-state index in [4.69, 9.17) is 0 Å². The lowest BCUT2D eigenvalue weighted by Crippen LogP contribution is -2.35. The van der Waals surface area contributed by atoms with Crippen LogP contribution in [0, 0.1) is 6.92 Å². The summed E-state index contributed by atoms with van der Waals surface area (Å²) in [5.74, 6) is 2.42. The molecule has 3 aromatic heterocycles. The van der Waals surface area contributed by atoms with Gasteiger partial charge in [0, 0.05) is 37.5 Å². The second-order valence-corrected chi connectivity index (χ2v) is 7.31. The van der Waals surface area contributed by atoms with Gasteiger partial charge in [-0.15, -0.1) is 5.10 Å². The lowest BCUT2D eigenvalue weighted by Gasteiger charge is -2.32. The summed E-state index contributed by atoms with van der Waals surface area (Å²) in [7, 11) is 0. The fourth-order valence-electron chi connectivity index (χ4n) is 3.57. The van der Waals surface area contributed by atoms with Crippen LogP contribution in [-0.4, -0.2) is 47.8 Å². The molecule has 26 heavy (non-hydrogen) atoms. The predicted octanol–water partition coefficient (Wildman–Crippen LogP) is 2.28. The van der Waals surface area contributed by atoms with E-state index in [0.29, 0.717) is 12.0 Å². The zero-order chi connectivity index (χ0) is 17.5. The molecule has 134 valence electrons. The summed E-state index contributed by atoms with van der Waals surface area (Å²) >= 11 is 0. The van der Waals surface area contributed by atoms with Gasteiger partial charge in [-0.3, -0.25) is 0 Å². The van der Waals surface area contributed by atoms with Gasteiger partial charge < -0.3 is 4.90 Å². The van der Waals surface area contributed by atoms with Crippen LogP contribution in [0.2, 0.25) is 0 Å². The van der Waals surface area contributed by atoms with E-state index in [0.717, 1.165) is 43.1 Å². The van der Waals surface area contributed by atoms with Crippen LogP contribution >= 0.6 is 0 Å². The molecule has 2 aliphatic rings. The van der Waals surface area contributed by atoms with Crippen LogP contribution in [0.25, 0.3) is 5.82 Å². The molecule has 1 saturated carbocycles. The highest BCUT2D eigenvalue weighted by molar-refractivity contribution is 5.43. The topological polar surface area (TPSA) is 77.5 Å². The molecule has 4 heterocycles. The average Bonchev–Trinajstić information content (AvgIpc) is 3.24. The molecule has 5 rings (SSSR count). The van der Waals surface area contributed by atoms with E-state index in [1.54, 1.807) is 11.0 Å². The Balaban J connectivity index is 1.27. The van der Waals surface area contributed by atoms with E-state index in [1.807, 2.05) is 25.4 Å². The first-order valence-electron chi connectivity index (χ1n) is 9.26. The number of nitrogens with zero attached hydrogens (tertiary/aromatic N) is 8. The Kier molecular flexibility index (Phi) is 3.69. The number of hydrogen-bond acceptors (Lipinski definition) is 6. The highest BCUT2D eigenvalue weighted by Gasteiger charge is 2.28. The van der Waals surface area contributed by atoms with Crippen LogP contribution in [0.3, 0.4) is 0 Å². The molecular formula is C18H22N8. The summed E-state index contributed by atoms with van der Waals surface area (Å²) in [6.07, 6.45) is 12.2. The van der Waals surface area contributed by atoms with Crippen LogP contribution in [0.15, 0.2) is 31.0 Å². The van der Waals surface area contributed by atoms with Crippen molar-refractivity contribution in [3.63, 3.8) is 0 Å². The number of rotatable bonds is 4. The summed E-state index contributed by atoms with van der Waals surface area (Å²) in [6, 6.07) is 2.44. The maximum absolute atomic E-state index is 4.47. The summed E-state index contributed by atoms with van der Waals surface area (Å²) in [5.41, 5.74) is 2.28. The van der Waals surface area contributed by atoms with Crippen molar-refractivity contribution in [2.75, 3.05) is 18.0 Å². The van der Waals surface area contributed by atoms with Crippen LogP contribution < -0.4 is 4.90 Å². The van der Waals surface area contributed by atoms with Crippen molar-refractivity contribution < 1.29 is 0 Å². The van der Waals surface area contributed by atoms with E-state index in [2.05, 4.69) is 41.2 Å². The molecule has 1 aliphatic heterocycles. The Morgan fingerprint density at radius 1 is 1.00 bits per heavy atom.